The number of hydrogen-bond acceptors (Lipinski definition) is 3. The van der Waals surface area contributed by atoms with Crippen LogP contribution in [-0.4, -0.2) is 18.0 Å². The summed E-state index contributed by atoms with van der Waals surface area (Å²) in [5, 5.41) is 0. The van der Waals surface area contributed by atoms with Crippen LogP contribution in [0.1, 0.15) is 29.3 Å². The highest BCUT2D eigenvalue weighted by molar-refractivity contribution is 5.28. The van der Waals surface area contributed by atoms with Crippen LogP contribution in [-0.2, 0) is 13.0 Å². The van der Waals surface area contributed by atoms with Gasteiger partial charge in [0.1, 0.15) is 5.76 Å². The Hall–Kier alpha value is -1.58. The van der Waals surface area contributed by atoms with Crippen molar-refractivity contribution in [3.63, 3.8) is 0 Å². The van der Waals surface area contributed by atoms with Gasteiger partial charge in [0, 0.05) is 13.1 Å². The Balaban J connectivity index is 1.85. The first-order chi connectivity index (χ1) is 9.38. The van der Waals surface area contributed by atoms with E-state index in [-0.39, 0.29) is 6.04 Å². The molecule has 1 unspecified atom stereocenters. The molecule has 0 amide bonds. The lowest BCUT2D eigenvalue weighted by Crippen LogP contribution is -2.33. The van der Waals surface area contributed by atoms with Crippen molar-refractivity contribution in [1.82, 2.24) is 4.90 Å². The van der Waals surface area contributed by atoms with Crippen LogP contribution in [0.3, 0.4) is 0 Å². The molecule has 2 heterocycles. The molecule has 2 aromatic rings. The molecule has 1 aromatic heterocycles. The third-order valence-electron chi connectivity index (χ3n) is 3.92. The van der Waals surface area contributed by atoms with E-state index in [4.69, 9.17) is 10.2 Å². The Kier molecular flexibility index (Phi) is 3.67. The first kappa shape index (κ1) is 12.5. The molecule has 0 saturated heterocycles. The molecule has 1 aromatic carbocycles. The van der Waals surface area contributed by atoms with Crippen LogP contribution in [0.5, 0.6) is 0 Å². The van der Waals surface area contributed by atoms with E-state index < -0.39 is 0 Å². The molecule has 0 bridgehead atoms. The molecular weight excluding hydrogens is 236 g/mol. The molecule has 0 saturated carbocycles. The fourth-order valence-corrected chi connectivity index (χ4v) is 2.92. The Morgan fingerprint density at radius 1 is 1.16 bits per heavy atom. The summed E-state index contributed by atoms with van der Waals surface area (Å²) in [6.07, 6.45) is 4.06. The lowest BCUT2D eigenvalue weighted by Gasteiger charge is -2.28. The molecule has 1 aliphatic heterocycles. The van der Waals surface area contributed by atoms with E-state index in [1.165, 1.54) is 17.5 Å². The fourth-order valence-electron chi connectivity index (χ4n) is 2.92. The van der Waals surface area contributed by atoms with Gasteiger partial charge < -0.3 is 10.2 Å². The number of nitrogens with two attached hydrogens (primary N) is 1. The zero-order valence-electron chi connectivity index (χ0n) is 11.1. The van der Waals surface area contributed by atoms with E-state index in [1.807, 2.05) is 12.1 Å². The van der Waals surface area contributed by atoms with Gasteiger partial charge >= 0.3 is 0 Å². The van der Waals surface area contributed by atoms with Crippen molar-refractivity contribution in [3.05, 3.63) is 59.5 Å². The minimum Gasteiger partial charge on any atom is -0.468 e. The minimum atomic E-state index is 0.182. The SMILES string of the molecule is NCC(c1ccco1)N1CCCc2ccccc2C1. The number of nitrogens with zero attached hydrogens (tertiary/aromatic N) is 1. The third kappa shape index (κ3) is 2.57. The van der Waals surface area contributed by atoms with Crippen molar-refractivity contribution in [3.8, 4) is 0 Å². The average Bonchev–Trinajstić information content (AvgIpc) is 2.87. The van der Waals surface area contributed by atoms with E-state index in [0.29, 0.717) is 6.54 Å². The van der Waals surface area contributed by atoms with Crippen LogP contribution in [0, 0.1) is 0 Å². The molecule has 0 aliphatic carbocycles. The van der Waals surface area contributed by atoms with Gasteiger partial charge in [-0.1, -0.05) is 24.3 Å². The van der Waals surface area contributed by atoms with Crippen molar-refractivity contribution in [2.45, 2.75) is 25.4 Å². The van der Waals surface area contributed by atoms with Crippen LogP contribution in [0.4, 0.5) is 0 Å². The van der Waals surface area contributed by atoms with Gasteiger partial charge in [-0.3, -0.25) is 4.90 Å². The van der Waals surface area contributed by atoms with Crippen LogP contribution in [0.15, 0.2) is 47.1 Å². The monoisotopic (exact) mass is 256 g/mol. The zero-order chi connectivity index (χ0) is 13.1. The van der Waals surface area contributed by atoms with Crippen LogP contribution < -0.4 is 5.73 Å². The van der Waals surface area contributed by atoms with Crippen molar-refractivity contribution in [2.75, 3.05) is 13.1 Å². The van der Waals surface area contributed by atoms with Gasteiger partial charge in [0.25, 0.3) is 0 Å². The lowest BCUT2D eigenvalue weighted by molar-refractivity contribution is 0.173. The Labute approximate surface area is 114 Å². The topological polar surface area (TPSA) is 42.4 Å². The second kappa shape index (κ2) is 5.59. The number of rotatable bonds is 3. The highest BCUT2D eigenvalue weighted by Crippen LogP contribution is 2.26. The number of hydrogen-bond donors (Lipinski definition) is 1. The maximum absolute atomic E-state index is 5.96. The number of fused-ring (bicyclic) bond motifs is 1. The van der Waals surface area contributed by atoms with E-state index >= 15 is 0 Å². The van der Waals surface area contributed by atoms with E-state index in [9.17, 15) is 0 Å². The summed E-state index contributed by atoms with van der Waals surface area (Å²) in [6.45, 7) is 2.62. The summed E-state index contributed by atoms with van der Waals surface area (Å²) in [5.74, 6) is 0.974. The fraction of sp³-hybridized carbons (Fsp3) is 0.375. The minimum absolute atomic E-state index is 0.182. The second-order valence-corrected chi connectivity index (χ2v) is 5.11. The van der Waals surface area contributed by atoms with Crippen molar-refractivity contribution in [2.24, 2.45) is 5.73 Å². The zero-order valence-corrected chi connectivity index (χ0v) is 11.1. The smallest absolute Gasteiger partial charge is 0.122 e. The first-order valence-corrected chi connectivity index (χ1v) is 6.93. The first-order valence-electron chi connectivity index (χ1n) is 6.93. The molecule has 0 spiro atoms. The summed E-state index contributed by atoms with van der Waals surface area (Å²) >= 11 is 0. The van der Waals surface area contributed by atoms with Gasteiger partial charge in [-0.15, -0.1) is 0 Å². The summed E-state index contributed by atoms with van der Waals surface area (Å²) in [4.78, 5) is 2.44. The molecule has 100 valence electrons. The predicted octanol–water partition coefficient (Wildman–Crippen LogP) is 2.73. The van der Waals surface area contributed by atoms with Gasteiger partial charge in [-0.2, -0.15) is 0 Å². The van der Waals surface area contributed by atoms with Gasteiger partial charge in [-0.05, 0) is 42.6 Å². The van der Waals surface area contributed by atoms with Crippen molar-refractivity contribution >= 4 is 0 Å². The van der Waals surface area contributed by atoms with E-state index in [1.54, 1.807) is 6.26 Å². The van der Waals surface area contributed by atoms with Crippen LogP contribution in [0.2, 0.25) is 0 Å². The summed E-state index contributed by atoms with van der Waals surface area (Å²) in [5.41, 5.74) is 8.86. The summed E-state index contributed by atoms with van der Waals surface area (Å²) in [7, 11) is 0. The Morgan fingerprint density at radius 2 is 2.00 bits per heavy atom. The molecule has 19 heavy (non-hydrogen) atoms. The van der Waals surface area contributed by atoms with E-state index in [2.05, 4.69) is 29.2 Å². The van der Waals surface area contributed by atoms with E-state index in [0.717, 1.165) is 25.3 Å². The van der Waals surface area contributed by atoms with Crippen molar-refractivity contribution in [1.29, 1.82) is 0 Å². The Bertz CT molecular complexity index is 521. The molecule has 2 N–H and O–H groups in total. The highest BCUT2D eigenvalue weighted by atomic mass is 16.3. The largest absolute Gasteiger partial charge is 0.468 e. The molecule has 1 aliphatic rings. The third-order valence-corrected chi connectivity index (χ3v) is 3.92. The van der Waals surface area contributed by atoms with Gasteiger partial charge in [0.05, 0.1) is 12.3 Å². The maximum atomic E-state index is 5.96. The average molecular weight is 256 g/mol. The van der Waals surface area contributed by atoms with Crippen molar-refractivity contribution < 1.29 is 4.42 Å². The summed E-state index contributed by atoms with van der Waals surface area (Å²) < 4.78 is 5.55. The van der Waals surface area contributed by atoms with Gasteiger partial charge in [-0.25, -0.2) is 0 Å². The lowest BCUT2D eigenvalue weighted by atomic mass is 10.0. The molecule has 3 nitrogen and oxygen atoms in total. The van der Waals surface area contributed by atoms with Crippen LogP contribution >= 0.6 is 0 Å². The predicted molar refractivity (Wildman–Crippen MR) is 75.7 cm³/mol. The standard InChI is InChI=1S/C16H20N2O/c17-11-15(16-8-4-10-19-16)18-9-3-7-13-5-1-2-6-14(13)12-18/h1-2,4-6,8,10,15H,3,7,9,11-12,17H2. The second-order valence-electron chi connectivity index (χ2n) is 5.11. The highest BCUT2D eigenvalue weighted by Gasteiger charge is 2.23. The number of benzene rings is 1. The van der Waals surface area contributed by atoms with Gasteiger partial charge in [0.15, 0.2) is 0 Å². The molecule has 0 fully saturated rings. The molecule has 1 atom stereocenters. The normalized spacial score (nSPS) is 17.7. The molecule has 3 rings (SSSR count). The number of aryl methyl sites for hydroxylation is 1. The quantitative estimate of drug-likeness (QED) is 0.918. The molecular formula is C16H20N2O. The number of furan rings is 1. The van der Waals surface area contributed by atoms with Gasteiger partial charge in [0.2, 0.25) is 0 Å². The maximum Gasteiger partial charge on any atom is 0.122 e. The molecule has 0 radical (unpaired) electrons. The summed E-state index contributed by atoms with van der Waals surface area (Å²) in [6, 6.07) is 12.8. The van der Waals surface area contributed by atoms with Crippen LogP contribution in [0.25, 0.3) is 0 Å². The molecule has 3 heteroatoms. The Morgan fingerprint density at radius 3 is 2.74 bits per heavy atom.